The van der Waals surface area contributed by atoms with Crippen LogP contribution < -0.4 is 4.74 Å². The summed E-state index contributed by atoms with van der Waals surface area (Å²) in [4.78, 5) is 0. The van der Waals surface area contributed by atoms with Crippen molar-refractivity contribution in [3.63, 3.8) is 0 Å². The predicted octanol–water partition coefficient (Wildman–Crippen LogP) is 5.43. The lowest BCUT2D eigenvalue weighted by atomic mass is 9.95. The molecule has 0 aliphatic carbocycles. The van der Waals surface area contributed by atoms with Crippen molar-refractivity contribution in [2.75, 3.05) is 13.7 Å². The molecule has 130 valence electrons. The van der Waals surface area contributed by atoms with Crippen molar-refractivity contribution in [1.82, 2.24) is 0 Å². The maximum absolute atomic E-state index is 9.58. The minimum Gasteiger partial charge on any atom is -0.504 e. The van der Waals surface area contributed by atoms with E-state index in [0.29, 0.717) is 12.4 Å². The number of ether oxygens (including phenoxy) is 2. The Balaban J connectivity index is 2.39. The summed E-state index contributed by atoms with van der Waals surface area (Å²) in [5, 5.41) is 9.58. The molecule has 0 heterocycles. The van der Waals surface area contributed by atoms with Crippen molar-refractivity contribution in [2.24, 2.45) is 5.92 Å². The van der Waals surface area contributed by atoms with Gasteiger partial charge in [-0.25, -0.2) is 0 Å². The molecule has 1 unspecified atom stereocenters. The zero-order valence-corrected chi connectivity index (χ0v) is 15.3. The maximum Gasteiger partial charge on any atom is 0.161 e. The van der Waals surface area contributed by atoms with E-state index in [9.17, 15) is 5.11 Å². The van der Waals surface area contributed by atoms with Crippen LogP contribution in [-0.4, -0.2) is 24.4 Å². The van der Waals surface area contributed by atoms with Crippen LogP contribution in [0.2, 0.25) is 0 Å². The molecule has 1 N–H and O–H groups in total. The highest BCUT2D eigenvalue weighted by Crippen LogP contribution is 2.27. The van der Waals surface area contributed by atoms with Crippen molar-refractivity contribution < 1.29 is 14.6 Å². The van der Waals surface area contributed by atoms with Crippen molar-refractivity contribution >= 4 is 6.08 Å². The fourth-order valence-electron chi connectivity index (χ4n) is 2.41. The highest BCUT2D eigenvalue weighted by Gasteiger charge is 2.17. The Bertz CT molecular complexity index is 492. The summed E-state index contributed by atoms with van der Waals surface area (Å²) < 4.78 is 11.1. The van der Waals surface area contributed by atoms with E-state index in [1.807, 2.05) is 24.3 Å². The largest absolute Gasteiger partial charge is 0.504 e. The average Bonchev–Trinajstić information content (AvgIpc) is 2.52. The molecule has 0 fully saturated rings. The first-order valence-electron chi connectivity index (χ1n) is 8.55. The third kappa shape index (κ3) is 7.56. The number of phenols is 1. The highest BCUT2D eigenvalue weighted by molar-refractivity contribution is 5.55. The van der Waals surface area contributed by atoms with E-state index in [1.54, 1.807) is 13.2 Å². The molecule has 0 amide bonds. The van der Waals surface area contributed by atoms with Crippen LogP contribution in [0.1, 0.15) is 58.9 Å². The summed E-state index contributed by atoms with van der Waals surface area (Å²) in [5.41, 5.74) is 0.891. The Labute approximate surface area is 141 Å². The quantitative estimate of drug-likeness (QED) is 0.625. The third-order valence-electron chi connectivity index (χ3n) is 4.26. The predicted molar refractivity (Wildman–Crippen MR) is 97.0 cm³/mol. The van der Waals surface area contributed by atoms with E-state index in [-0.39, 0.29) is 11.4 Å². The van der Waals surface area contributed by atoms with Gasteiger partial charge < -0.3 is 14.6 Å². The normalized spacial score (nSPS) is 13.4. The standard InChI is InChI=1S/C20H32O3/c1-6-16(2)9-7-13-20(3,4)23-14-8-10-17-11-12-18(21)19(15-17)22-5/h8,10-12,15-16,21H,6-7,9,13-14H2,1-5H3. The van der Waals surface area contributed by atoms with Gasteiger partial charge in [-0.1, -0.05) is 51.3 Å². The number of hydrogen-bond donors (Lipinski definition) is 1. The SMILES string of the molecule is CCC(C)CCCC(C)(C)OCC=Cc1ccc(O)c(OC)c1. The molecule has 0 spiro atoms. The van der Waals surface area contributed by atoms with Gasteiger partial charge in [0.2, 0.25) is 0 Å². The molecule has 1 rings (SSSR count). The first-order chi connectivity index (χ1) is 10.9. The second-order valence-electron chi connectivity index (χ2n) is 6.81. The summed E-state index contributed by atoms with van der Waals surface area (Å²) in [5.74, 6) is 1.44. The van der Waals surface area contributed by atoms with E-state index >= 15 is 0 Å². The second kappa shape index (κ2) is 9.61. The van der Waals surface area contributed by atoms with E-state index in [4.69, 9.17) is 9.47 Å². The van der Waals surface area contributed by atoms with Gasteiger partial charge in [-0.3, -0.25) is 0 Å². The summed E-state index contributed by atoms with van der Waals surface area (Å²) in [6, 6.07) is 5.30. The zero-order valence-electron chi connectivity index (χ0n) is 15.3. The van der Waals surface area contributed by atoms with Gasteiger partial charge in [0, 0.05) is 0 Å². The minimum absolute atomic E-state index is 0.0928. The van der Waals surface area contributed by atoms with Gasteiger partial charge in [-0.15, -0.1) is 0 Å². The average molecular weight is 320 g/mol. The lowest BCUT2D eigenvalue weighted by Crippen LogP contribution is -2.24. The Morgan fingerprint density at radius 1 is 1.30 bits per heavy atom. The molecule has 3 nitrogen and oxygen atoms in total. The Morgan fingerprint density at radius 2 is 2.04 bits per heavy atom. The first-order valence-corrected chi connectivity index (χ1v) is 8.55. The second-order valence-corrected chi connectivity index (χ2v) is 6.81. The Kier molecular flexibility index (Phi) is 8.18. The van der Waals surface area contributed by atoms with Gasteiger partial charge in [0.05, 0.1) is 19.3 Å². The van der Waals surface area contributed by atoms with Gasteiger partial charge in [0.1, 0.15) is 0 Å². The number of phenolic OH excluding ortho intramolecular Hbond substituents is 1. The molecule has 3 heteroatoms. The molecule has 1 atom stereocenters. The van der Waals surface area contributed by atoms with E-state index < -0.39 is 0 Å². The summed E-state index contributed by atoms with van der Waals surface area (Å²) in [6.07, 6.45) is 8.80. The molecule has 1 aromatic rings. The monoisotopic (exact) mass is 320 g/mol. The van der Waals surface area contributed by atoms with Crippen LogP contribution in [0.25, 0.3) is 6.08 Å². The maximum atomic E-state index is 9.58. The van der Waals surface area contributed by atoms with Gasteiger partial charge in [0.25, 0.3) is 0 Å². The molecule has 0 aliphatic heterocycles. The van der Waals surface area contributed by atoms with Crippen LogP contribution in [0.3, 0.4) is 0 Å². The van der Waals surface area contributed by atoms with Crippen molar-refractivity contribution in [3.05, 3.63) is 29.8 Å². The Morgan fingerprint density at radius 3 is 2.70 bits per heavy atom. The number of rotatable bonds is 10. The van der Waals surface area contributed by atoms with Gasteiger partial charge >= 0.3 is 0 Å². The number of hydrogen-bond acceptors (Lipinski definition) is 3. The fourth-order valence-corrected chi connectivity index (χ4v) is 2.41. The molecule has 0 bridgehead atoms. The first kappa shape index (κ1) is 19.6. The summed E-state index contributed by atoms with van der Waals surface area (Å²) in [6.45, 7) is 9.44. The van der Waals surface area contributed by atoms with E-state index in [2.05, 4.69) is 27.7 Å². The van der Waals surface area contributed by atoms with Crippen molar-refractivity contribution in [2.45, 2.75) is 59.0 Å². The third-order valence-corrected chi connectivity index (χ3v) is 4.26. The van der Waals surface area contributed by atoms with Crippen molar-refractivity contribution in [1.29, 1.82) is 0 Å². The van der Waals surface area contributed by atoms with Crippen LogP contribution in [-0.2, 0) is 4.74 Å². The van der Waals surface area contributed by atoms with E-state index in [1.165, 1.54) is 19.3 Å². The molecule has 0 saturated heterocycles. The minimum atomic E-state index is -0.0928. The van der Waals surface area contributed by atoms with Crippen molar-refractivity contribution in [3.8, 4) is 11.5 Å². The molecule has 0 saturated carbocycles. The van der Waals surface area contributed by atoms with Crippen LogP contribution in [0.15, 0.2) is 24.3 Å². The molecule has 23 heavy (non-hydrogen) atoms. The lowest BCUT2D eigenvalue weighted by Gasteiger charge is -2.25. The molecule has 0 aromatic heterocycles. The Hall–Kier alpha value is -1.48. The molecular weight excluding hydrogens is 288 g/mol. The van der Waals surface area contributed by atoms with E-state index in [0.717, 1.165) is 17.9 Å². The fraction of sp³-hybridized carbons (Fsp3) is 0.600. The highest BCUT2D eigenvalue weighted by atomic mass is 16.5. The van der Waals surface area contributed by atoms with Crippen LogP contribution in [0, 0.1) is 5.92 Å². The van der Waals surface area contributed by atoms with Crippen LogP contribution >= 0.6 is 0 Å². The number of aromatic hydroxyl groups is 1. The summed E-state index contributed by atoms with van der Waals surface area (Å²) >= 11 is 0. The number of methoxy groups -OCH3 is 1. The van der Waals surface area contributed by atoms with Gasteiger partial charge in [0.15, 0.2) is 11.5 Å². The molecule has 1 aromatic carbocycles. The molecule has 0 aliphatic rings. The number of benzene rings is 1. The topological polar surface area (TPSA) is 38.7 Å². The van der Waals surface area contributed by atoms with Crippen LogP contribution in [0.4, 0.5) is 0 Å². The zero-order chi connectivity index (χ0) is 17.3. The van der Waals surface area contributed by atoms with Gasteiger partial charge in [-0.2, -0.15) is 0 Å². The smallest absolute Gasteiger partial charge is 0.161 e. The van der Waals surface area contributed by atoms with Gasteiger partial charge in [-0.05, 0) is 43.9 Å². The summed E-state index contributed by atoms with van der Waals surface area (Å²) in [7, 11) is 1.55. The molecule has 0 radical (unpaired) electrons. The molecular formula is C20H32O3. The lowest BCUT2D eigenvalue weighted by molar-refractivity contribution is -0.00936. The van der Waals surface area contributed by atoms with Crippen LogP contribution in [0.5, 0.6) is 11.5 Å².